The molecule has 2 heterocycles. The van der Waals surface area contributed by atoms with Gasteiger partial charge in [-0.25, -0.2) is 4.98 Å². The average molecular weight is 382 g/mol. The van der Waals surface area contributed by atoms with Crippen molar-refractivity contribution in [2.45, 2.75) is 0 Å². The maximum atomic E-state index is 6.13. The molecule has 28 heavy (non-hydrogen) atoms. The van der Waals surface area contributed by atoms with E-state index < -0.39 is 0 Å². The molecule has 0 unspecified atom stereocenters. The molecule has 0 aliphatic rings. The first kappa shape index (κ1) is 16.8. The molecule has 0 aliphatic carbocycles. The number of para-hydroxylation sites is 1. The van der Waals surface area contributed by atoms with Crippen LogP contribution in [-0.2, 0) is 0 Å². The van der Waals surface area contributed by atoms with Crippen LogP contribution in [0.5, 0.6) is 0 Å². The van der Waals surface area contributed by atoms with Gasteiger partial charge in [-0.2, -0.15) is 0 Å². The van der Waals surface area contributed by atoms with E-state index in [4.69, 9.17) is 21.0 Å². The van der Waals surface area contributed by atoms with Crippen molar-refractivity contribution in [3.8, 4) is 33.9 Å². The van der Waals surface area contributed by atoms with Gasteiger partial charge in [0, 0.05) is 16.0 Å². The number of hydrogen-bond donors (Lipinski definition) is 0. The van der Waals surface area contributed by atoms with E-state index in [9.17, 15) is 0 Å². The topological polar surface area (TPSA) is 26.0 Å². The Morgan fingerprint density at radius 3 is 2.18 bits per heavy atom. The van der Waals surface area contributed by atoms with Crippen LogP contribution in [0.1, 0.15) is 0 Å². The van der Waals surface area contributed by atoms with Gasteiger partial charge in [0.2, 0.25) is 0 Å². The van der Waals surface area contributed by atoms with Gasteiger partial charge in [-0.05, 0) is 59.7 Å². The van der Waals surface area contributed by atoms with Crippen molar-refractivity contribution in [3.05, 3.63) is 102 Å². The van der Waals surface area contributed by atoms with E-state index in [0.717, 1.165) is 44.8 Å². The number of pyridine rings is 1. The van der Waals surface area contributed by atoms with Crippen molar-refractivity contribution < 1.29 is 4.42 Å². The second-order valence-corrected chi connectivity index (χ2v) is 7.05. The normalized spacial score (nSPS) is 11.0. The third-order valence-corrected chi connectivity index (χ3v) is 5.04. The van der Waals surface area contributed by atoms with Crippen molar-refractivity contribution in [2.24, 2.45) is 0 Å². The summed E-state index contributed by atoms with van der Waals surface area (Å²) in [6.45, 7) is 0. The zero-order valence-electron chi connectivity index (χ0n) is 15.0. The molecule has 3 aromatic carbocycles. The molecule has 0 bridgehead atoms. The van der Waals surface area contributed by atoms with Gasteiger partial charge in [-0.15, -0.1) is 0 Å². The summed E-state index contributed by atoms with van der Waals surface area (Å²) < 4.78 is 6.13. The SMILES string of the molecule is Clc1ccc(-c2ccc(-c3cc(-c4ccccc4)c4ccccc4n3)o2)cc1. The Hall–Kier alpha value is -3.36. The maximum absolute atomic E-state index is 6.13. The first-order chi connectivity index (χ1) is 13.8. The molecule has 0 fully saturated rings. The summed E-state index contributed by atoms with van der Waals surface area (Å²) in [5.41, 5.74) is 5.05. The molecule has 0 atom stereocenters. The number of hydrogen-bond acceptors (Lipinski definition) is 2. The smallest absolute Gasteiger partial charge is 0.153 e. The third kappa shape index (κ3) is 3.08. The van der Waals surface area contributed by atoms with E-state index in [1.54, 1.807) is 0 Å². The van der Waals surface area contributed by atoms with Crippen LogP contribution in [0.2, 0.25) is 5.02 Å². The number of halogens is 1. The van der Waals surface area contributed by atoms with E-state index in [2.05, 4.69) is 36.4 Å². The van der Waals surface area contributed by atoms with Crippen LogP contribution in [0.4, 0.5) is 0 Å². The summed E-state index contributed by atoms with van der Waals surface area (Å²) in [5.74, 6) is 1.54. The van der Waals surface area contributed by atoms with E-state index in [-0.39, 0.29) is 0 Å². The Morgan fingerprint density at radius 2 is 1.36 bits per heavy atom. The lowest BCUT2D eigenvalue weighted by Crippen LogP contribution is -1.88. The first-order valence-corrected chi connectivity index (χ1v) is 9.47. The van der Waals surface area contributed by atoms with Crippen molar-refractivity contribution in [3.63, 3.8) is 0 Å². The first-order valence-electron chi connectivity index (χ1n) is 9.09. The second-order valence-electron chi connectivity index (χ2n) is 6.61. The van der Waals surface area contributed by atoms with Crippen LogP contribution in [0.25, 0.3) is 44.8 Å². The number of fused-ring (bicyclic) bond motifs is 1. The highest BCUT2D eigenvalue weighted by molar-refractivity contribution is 6.30. The molecule has 2 aromatic heterocycles. The van der Waals surface area contributed by atoms with E-state index in [1.807, 2.05) is 60.7 Å². The molecule has 0 amide bonds. The zero-order valence-corrected chi connectivity index (χ0v) is 15.7. The molecule has 5 rings (SSSR count). The Morgan fingerprint density at radius 1 is 0.643 bits per heavy atom. The maximum Gasteiger partial charge on any atom is 0.153 e. The Kier molecular flexibility index (Phi) is 4.19. The monoisotopic (exact) mass is 381 g/mol. The van der Waals surface area contributed by atoms with Gasteiger partial charge >= 0.3 is 0 Å². The van der Waals surface area contributed by atoms with Gasteiger partial charge in [0.25, 0.3) is 0 Å². The average Bonchev–Trinajstić information content (AvgIpc) is 3.24. The minimum absolute atomic E-state index is 0.708. The standard InChI is InChI=1S/C25H16ClNO/c26-19-12-10-18(11-13-19)24-14-15-25(28-24)23-16-21(17-6-2-1-3-7-17)20-8-4-5-9-22(20)27-23/h1-16H. The van der Waals surface area contributed by atoms with Crippen molar-refractivity contribution in [1.29, 1.82) is 0 Å². The van der Waals surface area contributed by atoms with Crippen molar-refractivity contribution in [2.75, 3.05) is 0 Å². The molecule has 0 aliphatic heterocycles. The summed E-state index contributed by atoms with van der Waals surface area (Å²) in [4.78, 5) is 4.84. The van der Waals surface area contributed by atoms with Crippen LogP contribution < -0.4 is 0 Å². The number of benzene rings is 3. The predicted molar refractivity (Wildman–Crippen MR) is 115 cm³/mol. The summed E-state index contributed by atoms with van der Waals surface area (Å²) in [6.07, 6.45) is 0. The van der Waals surface area contributed by atoms with Crippen LogP contribution in [0, 0.1) is 0 Å². The number of aromatic nitrogens is 1. The molecule has 0 saturated heterocycles. The lowest BCUT2D eigenvalue weighted by molar-refractivity contribution is 0.595. The molecule has 2 nitrogen and oxygen atoms in total. The molecule has 0 saturated carbocycles. The largest absolute Gasteiger partial charge is 0.454 e. The highest BCUT2D eigenvalue weighted by Gasteiger charge is 2.12. The minimum atomic E-state index is 0.708. The van der Waals surface area contributed by atoms with E-state index >= 15 is 0 Å². The number of furan rings is 1. The molecule has 0 spiro atoms. The quantitative estimate of drug-likeness (QED) is 0.323. The van der Waals surface area contributed by atoms with Crippen LogP contribution in [-0.4, -0.2) is 4.98 Å². The van der Waals surface area contributed by atoms with Gasteiger partial charge in [-0.3, -0.25) is 0 Å². The van der Waals surface area contributed by atoms with Gasteiger partial charge in [0.15, 0.2) is 5.76 Å². The zero-order chi connectivity index (χ0) is 18.9. The Bertz CT molecular complexity index is 1260. The van der Waals surface area contributed by atoms with Gasteiger partial charge in [0.05, 0.1) is 5.52 Å². The fraction of sp³-hybridized carbons (Fsp3) is 0. The van der Waals surface area contributed by atoms with E-state index in [1.165, 1.54) is 0 Å². The summed E-state index contributed by atoms with van der Waals surface area (Å²) in [7, 11) is 0. The lowest BCUT2D eigenvalue weighted by atomic mass is 10.00. The number of nitrogens with zero attached hydrogens (tertiary/aromatic N) is 1. The van der Waals surface area contributed by atoms with Gasteiger partial charge < -0.3 is 4.42 Å². The summed E-state index contributed by atoms with van der Waals surface area (Å²) >= 11 is 5.99. The fourth-order valence-electron chi connectivity index (χ4n) is 3.40. The lowest BCUT2D eigenvalue weighted by Gasteiger charge is -2.09. The van der Waals surface area contributed by atoms with E-state index in [0.29, 0.717) is 5.02 Å². The van der Waals surface area contributed by atoms with Crippen LogP contribution in [0.3, 0.4) is 0 Å². The minimum Gasteiger partial charge on any atom is -0.454 e. The predicted octanol–water partition coefficient (Wildman–Crippen LogP) is 7.48. The van der Waals surface area contributed by atoms with Crippen molar-refractivity contribution in [1.82, 2.24) is 4.98 Å². The van der Waals surface area contributed by atoms with Crippen LogP contribution >= 0.6 is 11.6 Å². The molecule has 5 aromatic rings. The van der Waals surface area contributed by atoms with Gasteiger partial charge in [0.1, 0.15) is 11.5 Å². The Labute approximate surface area is 168 Å². The highest BCUT2D eigenvalue weighted by atomic mass is 35.5. The summed E-state index contributed by atoms with van der Waals surface area (Å²) in [6, 6.07) is 32.2. The highest BCUT2D eigenvalue weighted by Crippen LogP contribution is 2.34. The third-order valence-electron chi connectivity index (χ3n) is 4.79. The van der Waals surface area contributed by atoms with Crippen molar-refractivity contribution >= 4 is 22.5 Å². The second kappa shape index (κ2) is 6.99. The summed E-state index contributed by atoms with van der Waals surface area (Å²) in [5, 5.41) is 1.83. The number of rotatable bonds is 3. The molecule has 3 heteroatoms. The molecule has 134 valence electrons. The molecule has 0 radical (unpaired) electrons. The van der Waals surface area contributed by atoms with Gasteiger partial charge in [-0.1, -0.05) is 60.1 Å². The fourth-order valence-corrected chi connectivity index (χ4v) is 3.53. The molecular weight excluding hydrogens is 366 g/mol. The molecular formula is C25H16ClNO. The van der Waals surface area contributed by atoms with Crippen LogP contribution in [0.15, 0.2) is 101 Å². The Balaban J connectivity index is 1.65. The molecule has 0 N–H and O–H groups in total.